The third-order valence-electron chi connectivity index (χ3n) is 7.68. The molecule has 2 atom stereocenters. The van der Waals surface area contributed by atoms with Gasteiger partial charge in [0.25, 0.3) is 0 Å². The fourth-order valence-corrected chi connectivity index (χ4v) is 5.52. The third-order valence-corrected chi connectivity index (χ3v) is 7.68. The van der Waals surface area contributed by atoms with Gasteiger partial charge < -0.3 is 14.1 Å². The van der Waals surface area contributed by atoms with Gasteiger partial charge in [0, 0.05) is 44.7 Å². The Bertz CT molecular complexity index is 975. The van der Waals surface area contributed by atoms with Gasteiger partial charge in [-0.1, -0.05) is 71.1 Å². The van der Waals surface area contributed by atoms with Crippen LogP contribution in [-0.2, 0) is 11.2 Å². The van der Waals surface area contributed by atoms with Crippen LogP contribution < -0.4 is 4.74 Å². The van der Waals surface area contributed by atoms with Crippen LogP contribution in [0.1, 0.15) is 110 Å². The highest BCUT2D eigenvalue weighted by Crippen LogP contribution is 2.36. The Kier molecular flexibility index (Phi) is 22.3. The number of rotatable bonds is 14. The normalized spacial score (nSPS) is 16.9. The lowest BCUT2D eigenvalue weighted by molar-refractivity contribution is -0.870. The maximum absolute atomic E-state index is 13.4. The number of hydrogen-bond donors (Lipinski definition) is 0. The van der Waals surface area contributed by atoms with Gasteiger partial charge in [-0.3, -0.25) is 14.7 Å². The molecule has 2 aliphatic rings. The summed E-state index contributed by atoms with van der Waals surface area (Å²) in [6.45, 7) is 21.2. The minimum atomic E-state index is 0.328. The zero-order chi connectivity index (χ0) is 33.5. The van der Waals surface area contributed by atoms with Gasteiger partial charge in [0.2, 0.25) is 5.91 Å². The maximum atomic E-state index is 13.4. The molecule has 1 saturated heterocycles. The molecule has 1 aromatic carbocycles. The van der Waals surface area contributed by atoms with Crippen LogP contribution in [0.25, 0.3) is 0 Å². The van der Waals surface area contributed by atoms with Crippen LogP contribution in [0.5, 0.6) is 5.75 Å². The Balaban J connectivity index is 0.00000146. The molecular weight excluding hydrogens is 544 g/mol. The Morgan fingerprint density at radius 3 is 2.27 bits per heavy atom. The predicted molar refractivity (Wildman–Crippen MR) is 192 cm³/mol. The first-order valence-electron chi connectivity index (χ1n) is 17.0. The lowest BCUT2D eigenvalue weighted by atomic mass is 9.93. The van der Waals surface area contributed by atoms with Crippen molar-refractivity contribution in [3.63, 3.8) is 0 Å². The number of fused-ring (bicyclic) bond motifs is 1. The van der Waals surface area contributed by atoms with Gasteiger partial charge in [0.05, 0.1) is 40.8 Å². The van der Waals surface area contributed by atoms with Gasteiger partial charge in [-0.2, -0.15) is 0 Å². The standard InChI is InChI=1S/C28H48N3O2.C5H9N.C3H8.C2H2/c1-6-8-11-26-20-25(23-12-13-27-24(19-23)14-18-33-27)21-30(26)22-28(32)29(15-9-7-2)16-10-17-31(3,4)5;1-5(2)4-6-3;1-3-2;1-2/h12-13,19,25-26H,6-11,14-18,20-22H2,1-5H3;4H,3H2,1-2H3;3H2,1-2H3;1-2H/q+1;;;. The second-order valence-corrected chi connectivity index (χ2v) is 13.3. The van der Waals surface area contributed by atoms with Crippen molar-refractivity contribution in [2.45, 2.75) is 111 Å². The van der Waals surface area contributed by atoms with E-state index in [1.807, 2.05) is 13.8 Å². The molecule has 3 rings (SSSR count). The minimum absolute atomic E-state index is 0.328. The van der Waals surface area contributed by atoms with E-state index in [9.17, 15) is 4.79 Å². The molecule has 0 spiro atoms. The van der Waals surface area contributed by atoms with Gasteiger partial charge in [-0.15, -0.1) is 12.8 Å². The number of quaternary nitrogens is 1. The van der Waals surface area contributed by atoms with E-state index >= 15 is 0 Å². The van der Waals surface area contributed by atoms with E-state index in [1.54, 1.807) is 6.20 Å². The smallest absolute Gasteiger partial charge is 0.236 e. The first kappa shape index (κ1) is 41.4. The Hall–Kier alpha value is -2.62. The summed E-state index contributed by atoms with van der Waals surface area (Å²) in [7, 11) is 6.68. The molecule has 1 amide bonds. The second kappa shape index (κ2) is 23.7. The Labute approximate surface area is 272 Å². The number of nitrogens with zero attached hydrogens (tertiary/aromatic N) is 4. The van der Waals surface area contributed by atoms with Crippen LogP contribution in [0.4, 0.5) is 0 Å². The van der Waals surface area contributed by atoms with Gasteiger partial charge >= 0.3 is 0 Å². The number of terminal acetylenes is 1. The third kappa shape index (κ3) is 17.0. The van der Waals surface area contributed by atoms with Gasteiger partial charge in [-0.05, 0) is 62.9 Å². The molecule has 44 heavy (non-hydrogen) atoms. The molecule has 0 saturated carbocycles. The summed E-state index contributed by atoms with van der Waals surface area (Å²) in [5, 5.41) is 0. The molecule has 1 aromatic rings. The summed E-state index contributed by atoms with van der Waals surface area (Å²) in [6, 6.07) is 7.30. The lowest BCUT2D eigenvalue weighted by Crippen LogP contribution is -2.44. The number of carbonyl (C=O) groups excluding carboxylic acids is 1. The molecule has 0 radical (unpaired) electrons. The number of ether oxygens (including phenoxy) is 1. The molecule has 250 valence electrons. The van der Waals surface area contributed by atoms with Crippen molar-refractivity contribution in [2.75, 3.05) is 60.5 Å². The quantitative estimate of drug-likeness (QED) is 0.122. The van der Waals surface area contributed by atoms with E-state index in [-0.39, 0.29) is 0 Å². The van der Waals surface area contributed by atoms with E-state index < -0.39 is 0 Å². The van der Waals surface area contributed by atoms with E-state index in [0.717, 1.165) is 68.7 Å². The number of hydrogen-bond acceptors (Lipinski definition) is 4. The molecule has 2 heterocycles. The lowest BCUT2D eigenvalue weighted by Gasteiger charge is -2.30. The molecule has 1 fully saturated rings. The zero-order valence-corrected chi connectivity index (χ0v) is 30.0. The predicted octanol–water partition coefficient (Wildman–Crippen LogP) is 7.97. The average molecular weight is 612 g/mol. The average Bonchev–Trinajstić information content (AvgIpc) is 3.61. The van der Waals surface area contributed by atoms with Crippen LogP contribution in [0.3, 0.4) is 0 Å². The monoisotopic (exact) mass is 612 g/mol. The number of benzene rings is 1. The number of unbranched alkanes of at least 4 members (excludes halogenated alkanes) is 2. The van der Waals surface area contributed by atoms with Crippen LogP contribution in [0.2, 0.25) is 0 Å². The highest BCUT2D eigenvalue weighted by Gasteiger charge is 2.34. The summed E-state index contributed by atoms with van der Waals surface area (Å²) in [6.07, 6.45) is 20.1. The minimum Gasteiger partial charge on any atom is -0.493 e. The number of carbonyl (C=O) groups is 1. The van der Waals surface area contributed by atoms with Gasteiger partial charge in [0.1, 0.15) is 5.75 Å². The maximum Gasteiger partial charge on any atom is 0.236 e. The first-order chi connectivity index (χ1) is 21.0. The molecule has 2 aliphatic heterocycles. The number of aliphatic imine (C=N–C) groups is 1. The van der Waals surface area contributed by atoms with E-state index in [2.05, 4.69) is 101 Å². The van der Waals surface area contributed by atoms with Crippen LogP contribution in [-0.4, -0.2) is 93.4 Å². The molecule has 0 aromatic heterocycles. The summed E-state index contributed by atoms with van der Waals surface area (Å²) in [4.78, 5) is 21.6. The van der Waals surface area contributed by atoms with E-state index in [4.69, 9.17) is 4.74 Å². The van der Waals surface area contributed by atoms with Gasteiger partial charge in [0.15, 0.2) is 0 Å². The fourth-order valence-electron chi connectivity index (χ4n) is 5.52. The SMILES string of the molecule is C#C.C=NC=C(C)C.CCC.CCCCC1CC(c2ccc3c(c2)CCO3)CN1CC(=O)N(CCCC)CCC[N+](C)(C)C. The Morgan fingerprint density at radius 1 is 1.09 bits per heavy atom. The van der Waals surface area contributed by atoms with Crippen molar-refractivity contribution in [3.05, 3.63) is 41.1 Å². The molecule has 0 aliphatic carbocycles. The van der Waals surface area contributed by atoms with Crippen molar-refractivity contribution in [1.82, 2.24) is 9.80 Å². The largest absolute Gasteiger partial charge is 0.493 e. The van der Waals surface area contributed by atoms with E-state index in [0.29, 0.717) is 24.4 Å². The molecule has 0 N–H and O–H groups in total. The highest BCUT2D eigenvalue weighted by atomic mass is 16.5. The molecule has 6 nitrogen and oxygen atoms in total. The topological polar surface area (TPSA) is 45.1 Å². The second-order valence-electron chi connectivity index (χ2n) is 13.3. The zero-order valence-electron chi connectivity index (χ0n) is 30.0. The van der Waals surface area contributed by atoms with Crippen molar-refractivity contribution in [3.8, 4) is 18.6 Å². The van der Waals surface area contributed by atoms with E-state index in [1.165, 1.54) is 48.8 Å². The van der Waals surface area contributed by atoms with Crippen LogP contribution >= 0.6 is 0 Å². The summed E-state index contributed by atoms with van der Waals surface area (Å²) >= 11 is 0. The summed E-state index contributed by atoms with van der Waals surface area (Å²) in [5.41, 5.74) is 3.97. The van der Waals surface area contributed by atoms with Crippen LogP contribution in [0, 0.1) is 12.8 Å². The number of amides is 1. The summed E-state index contributed by atoms with van der Waals surface area (Å²) < 4.78 is 6.67. The van der Waals surface area contributed by atoms with Crippen molar-refractivity contribution in [1.29, 1.82) is 0 Å². The highest BCUT2D eigenvalue weighted by molar-refractivity contribution is 5.78. The first-order valence-corrected chi connectivity index (χ1v) is 17.0. The number of allylic oxidation sites excluding steroid dienone is 1. The molecular formula is C38H67N4O2+. The Morgan fingerprint density at radius 2 is 1.73 bits per heavy atom. The van der Waals surface area contributed by atoms with Gasteiger partial charge in [-0.25, -0.2) is 0 Å². The molecule has 0 bridgehead atoms. The van der Waals surface area contributed by atoms with Crippen molar-refractivity contribution < 1.29 is 14.0 Å². The molecule has 6 heteroatoms. The molecule has 2 unspecified atom stereocenters. The van der Waals surface area contributed by atoms with Crippen molar-refractivity contribution in [2.24, 2.45) is 4.99 Å². The summed E-state index contributed by atoms with van der Waals surface area (Å²) in [5.74, 6) is 1.91. The fraction of sp³-hybridized carbons (Fsp3) is 0.684. The van der Waals surface area contributed by atoms with Crippen LogP contribution in [0.15, 0.2) is 35.0 Å². The number of likely N-dealkylation sites (tertiary alicyclic amines) is 1. The van der Waals surface area contributed by atoms with Crippen molar-refractivity contribution >= 4 is 12.6 Å².